The van der Waals surface area contributed by atoms with Gasteiger partial charge in [0, 0.05) is 0 Å². The van der Waals surface area contributed by atoms with Gasteiger partial charge in [0.05, 0.1) is 6.61 Å². The van der Waals surface area contributed by atoms with Crippen LogP contribution in [0, 0.1) is 0 Å². The number of phenolic OH excluding ortho intramolecular Hbond substituents is 2. The zero-order chi connectivity index (χ0) is 11.3. The van der Waals surface area contributed by atoms with Crippen LogP contribution in [0.3, 0.4) is 0 Å². The summed E-state index contributed by atoms with van der Waals surface area (Å²) in [6.07, 6.45) is 0. The average molecular weight is 212 g/mol. The van der Waals surface area contributed by atoms with Crippen molar-refractivity contribution in [1.29, 1.82) is 0 Å². The maximum atomic E-state index is 10.9. The van der Waals surface area contributed by atoms with Crippen LogP contribution in [-0.2, 0) is 9.53 Å². The molecule has 1 rings (SSSR count). The summed E-state index contributed by atoms with van der Waals surface area (Å²) in [5, 5.41) is 18.4. The minimum atomic E-state index is -0.528. The van der Waals surface area contributed by atoms with Crippen molar-refractivity contribution in [2.75, 3.05) is 13.2 Å². The van der Waals surface area contributed by atoms with Crippen LogP contribution in [0.25, 0.3) is 0 Å². The van der Waals surface area contributed by atoms with Gasteiger partial charge in [0.1, 0.15) is 0 Å². The van der Waals surface area contributed by atoms with Crippen molar-refractivity contribution in [1.82, 2.24) is 0 Å². The van der Waals surface area contributed by atoms with Crippen molar-refractivity contribution >= 4 is 5.97 Å². The number of ether oxygens (including phenoxy) is 2. The third-order valence-corrected chi connectivity index (χ3v) is 1.63. The lowest BCUT2D eigenvalue weighted by molar-refractivity contribution is -0.145. The third kappa shape index (κ3) is 3.05. The van der Waals surface area contributed by atoms with E-state index in [0.29, 0.717) is 0 Å². The number of carbonyl (C=O) groups is 1. The van der Waals surface area contributed by atoms with Gasteiger partial charge in [-0.3, -0.25) is 0 Å². The van der Waals surface area contributed by atoms with Gasteiger partial charge in [-0.25, -0.2) is 4.79 Å². The van der Waals surface area contributed by atoms with Gasteiger partial charge >= 0.3 is 5.97 Å². The number of hydrogen-bond donors (Lipinski definition) is 2. The number of para-hydroxylation sites is 1. The van der Waals surface area contributed by atoms with E-state index < -0.39 is 5.97 Å². The molecule has 0 spiro atoms. The summed E-state index contributed by atoms with van der Waals surface area (Å²) in [6.45, 7) is 1.66. The quantitative estimate of drug-likeness (QED) is 0.576. The number of rotatable bonds is 4. The van der Waals surface area contributed by atoms with Crippen LogP contribution in [-0.4, -0.2) is 29.4 Å². The van der Waals surface area contributed by atoms with Gasteiger partial charge in [-0.2, -0.15) is 0 Å². The molecule has 5 nitrogen and oxygen atoms in total. The van der Waals surface area contributed by atoms with Crippen molar-refractivity contribution in [2.24, 2.45) is 0 Å². The lowest BCUT2D eigenvalue weighted by Crippen LogP contribution is -2.14. The zero-order valence-electron chi connectivity index (χ0n) is 8.27. The molecule has 0 bridgehead atoms. The van der Waals surface area contributed by atoms with Crippen molar-refractivity contribution in [3.63, 3.8) is 0 Å². The van der Waals surface area contributed by atoms with Crippen LogP contribution in [0.15, 0.2) is 18.2 Å². The molecule has 0 radical (unpaired) electrons. The summed E-state index contributed by atoms with van der Waals surface area (Å²) in [7, 11) is 0. The molecule has 15 heavy (non-hydrogen) atoms. The molecule has 82 valence electrons. The Morgan fingerprint density at radius 3 is 2.80 bits per heavy atom. The summed E-state index contributed by atoms with van der Waals surface area (Å²) >= 11 is 0. The molecule has 0 saturated heterocycles. The van der Waals surface area contributed by atoms with Crippen molar-refractivity contribution in [3.05, 3.63) is 18.2 Å². The Kier molecular flexibility index (Phi) is 3.79. The molecule has 5 heteroatoms. The molecule has 0 aliphatic carbocycles. The summed E-state index contributed by atoms with van der Waals surface area (Å²) in [5.41, 5.74) is 0. The second kappa shape index (κ2) is 5.09. The Balaban J connectivity index is 2.58. The van der Waals surface area contributed by atoms with E-state index >= 15 is 0 Å². The van der Waals surface area contributed by atoms with E-state index in [2.05, 4.69) is 4.74 Å². The second-order valence-electron chi connectivity index (χ2n) is 2.72. The highest BCUT2D eigenvalue weighted by atomic mass is 16.6. The van der Waals surface area contributed by atoms with Gasteiger partial charge in [0.15, 0.2) is 18.1 Å². The van der Waals surface area contributed by atoms with E-state index in [1.807, 2.05) is 0 Å². The summed E-state index contributed by atoms with van der Waals surface area (Å²) in [6, 6.07) is 4.25. The van der Waals surface area contributed by atoms with Gasteiger partial charge in [0.2, 0.25) is 5.75 Å². The smallest absolute Gasteiger partial charge is 0.344 e. The third-order valence-electron chi connectivity index (χ3n) is 1.63. The minimum Gasteiger partial charge on any atom is -0.504 e. The van der Waals surface area contributed by atoms with E-state index in [0.717, 1.165) is 0 Å². The predicted molar refractivity (Wildman–Crippen MR) is 51.9 cm³/mol. The number of phenols is 2. The Bertz CT molecular complexity index is 348. The molecule has 0 amide bonds. The van der Waals surface area contributed by atoms with Gasteiger partial charge in [-0.05, 0) is 19.1 Å². The molecular formula is C10H12O5. The molecule has 2 N–H and O–H groups in total. The standard InChI is InChI=1S/C10H12O5/c1-2-14-9(12)6-15-8-5-3-4-7(11)10(8)13/h3-5,11,13H,2,6H2,1H3. The highest BCUT2D eigenvalue weighted by molar-refractivity contribution is 5.71. The lowest BCUT2D eigenvalue weighted by Gasteiger charge is -2.07. The van der Waals surface area contributed by atoms with Gasteiger partial charge in [-0.1, -0.05) is 6.07 Å². The Morgan fingerprint density at radius 1 is 1.40 bits per heavy atom. The number of hydrogen-bond acceptors (Lipinski definition) is 5. The molecule has 0 heterocycles. The molecule has 0 aliphatic heterocycles. The van der Waals surface area contributed by atoms with Crippen LogP contribution >= 0.6 is 0 Å². The van der Waals surface area contributed by atoms with Crippen molar-refractivity contribution in [3.8, 4) is 17.2 Å². The monoisotopic (exact) mass is 212 g/mol. The van der Waals surface area contributed by atoms with E-state index in [9.17, 15) is 9.90 Å². The Hall–Kier alpha value is -1.91. The Labute approximate surface area is 86.9 Å². The van der Waals surface area contributed by atoms with Crippen LogP contribution in [0.4, 0.5) is 0 Å². The maximum Gasteiger partial charge on any atom is 0.344 e. The summed E-state index contributed by atoms with van der Waals surface area (Å²) < 4.78 is 9.57. The van der Waals surface area contributed by atoms with Crippen LogP contribution in [0.5, 0.6) is 17.2 Å². The van der Waals surface area contributed by atoms with Crippen molar-refractivity contribution in [2.45, 2.75) is 6.92 Å². The molecular weight excluding hydrogens is 200 g/mol. The first kappa shape index (κ1) is 11.2. The van der Waals surface area contributed by atoms with E-state index in [1.165, 1.54) is 18.2 Å². The van der Waals surface area contributed by atoms with E-state index in [-0.39, 0.29) is 30.5 Å². The van der Waals surface area contributed by atoms with Crippen molar-refractivity contribution < 1.29 is 24.5 Å². The van der Waals surface area contributed by atoms with E-state index in [4.69, 9.17) is 9.84 Å². The SMILES string of the molecule is CCOC(=O)COc1cccc(O)c1O. The molecule has 0 unspecified atom stereocenters. The first-order valence-corrected chi connectivity index (χ1v) is 4.44. The fraction of sp³-hybridized carbons (Fsp3) is 0.300. The van der Waals surface area contributed by atoms with Crippen LogP contribution in [0.1, 0.15) is 6.92 Å². The summed E-state index contributed by atoms with van der Waals surface area (Å²) in [5.74, 6) is -1.17. The van der Waals surface area contributed by atoms with Crippen LogP contribution in [0.2, 0.25) is 0 Å². The fourth-order valence-electron chi connectivity index (χ4n) is 0.967. The normalized spacial score (nSPS) is 9.67. The number of esters is 1. The first-order chi connectivity index (χ1) is 7.15. The molecule has 1 aromatic rings. The van der Waals surface area contributed by atoms with Crippen LogP contribution < -0.4 is 4.74 Å². The predicted octanol–water partition coefficient (Wildman–Crippen LogP) is 1.04. The zero-order valence-corrected chi connectivity index (χ0v) is 8.27. The number of benzene rings is 1. The number of aromatic hydroxyl groups is 2. The topological polar surface area (TPSA) is 76.0 Å². The Morgan fingerprint density at radius 2 is 2.13 bits per heavy atom. The highest BCUT2D eigenvalue weighted by Gasteiger charge is 2.09. The minimum absolute atomic E-state index is 0.0445. The second-order valence-corrected chi connectivity index (χ2v) is 2.72. The lowest BCUT2D eigenvalue weighted by atomic mass is 10.3. The van der Waals surface area contributed by atoms with E-state index in [1.54, 1.807) is 6.92 Å². The fourth-order valence-corrected chi connectivity index (χ4v) is 0.967. The number of carbonyl (C=O) groups excluding carboxylic acids is 1. The molecule has 0 aromatic heterocycles. The molecule has 0 fully saturated rings. The van der Waals surface area contributed by atoms with Gasteiger partial charge in [0.25, 0.3) is 0 Å². The summed E-state index contributed by atoms with van der Waals surface area (Å²) in [4.78, 5) is 10.9. The van der Waals surface area contributed by atoms with Gasteiger partial charge < -0.3 is 19.7 Å². The molecule has 1 aromatic carbocycles. The first-order valence-electron chi connectivity index (χ1n) is 4.44. The average Bonchev–Trinajstić information content (AvgIpc) is 2.21. The molecule has 0 aliphatic rings. The molecule has 0 atom stereocenters. The molecule has 0 saturated carbocycles. The van der Waals surface area contributed by atoms with Gasteiger partial charge in [-0.15, -0.1) is 0 Å². The highest BCUT2D eigenvalue weighted by Crippen LogP contribution is 2.34. The maximum absolute atomic E-state index is 10.9. The largest absolute Gasteiger partial charge is 0.504 e.